The zero-order chi connectivity index (χ0) is 13.8. The van der Waals surface area contributed by atoms with Crippen molar-refractivity contribution in [2.24, 2.45) is 17.1 Å². The highest BCUT2D eigenvalue weighted by Crippen LogP contribution is 2.41. The fourth-order valence-electron chi connectivity index (χ4n) is 2.17. The molecule has 0 radical (unpaired) electrons. The first-order valence-corrected chi connectivity index (χ1v) is 6.63. The zero-order valence-corrected chi connectivity index (χ0v) is 11.7. The minimum absolute atomic E-state index is 0.0101. The van der Waals surface area contributed by atoms with Gasteiger partial charge in [-0.25, -0.2) is 0 Å². The Labute approximate surface area is 109 Å². The number of likely N-dealkylation sites (N-methyl/N-ethyl adjacent to an activating group) is 1. The molecule has 18 heavy (non-hydrogen) atoms. The van der Waals surface area contributed by atoms with E-state index in [1.165, 1.54) is 4.90 Å². The third-order valence-corrected chi connectivity index (χ3v) is 3.59. The number of carbonyl (C=O) groups excluding carboxylic acids is 2. The van der Waals surface area contributed by atoms with Gasteiger partial charge in [0.2, 0.25) is 11.8 Å². The lowest BCUT2D eigenvalue weighted by molar-refractivity contribution is -0.147. The molecule has 0 aromatic rings. The van der Waals surface area contributed by atoms with E-state index >= 15 is 0 Å². The van der Waals surface area contributed by atoms with Crippen molar-refractivity contribution in [2.75, 3.05) is 26.7 Å². The Morgan fingerprint density at radius 1 is 1.39 bits per heavy atom. The molecule has 5 nitrogen and oxygen atoms in total. The lowest BCUT2D eigenvalue weighted by Crippen LogP contribution is -2.52. The normalized spacial score (nSPS) is 17.2. The quantitative estimate of drug-likeness (QED) is 0.719. The second-order valence-electron chi connectivity index (χ2n) is 5.70. The summed E-state index contributed by atoms with van der Waals surface area (Å²) in [5.41, 5.74) is 5.29. The predicted molar refractivity (Wildman–Crippen MR) is 70.8 cm³/mol. The first-order chi connectivity index (χ1) is 8.41. The molecule has 104 valence electrons. The van der Waals surface area contributed by atoms with Crippen LogP contribution in [0, 0.1) is 11.3 Å². The molecule has 0 unspecified atom stereocenters. The number of rotatable bonds is 6. The first-order valence-electron chi connectivity index (χ1n) is 6.63. The van der Waals surface area contributed by atoms with Gasteiger partial charge < -0.3 is 16.0 Å². The van der Waals surface area contributed by atoms with Crippen molar-refractivity contribution in [1.29, 1.82) is 0 Å². The van der Waals surface area contributed by atoms with Crippen molar-refractivity contribution in [3.63, 3.8) is 0 Å². The summed E-state index contributed by atoms with van der Waals surface area (Å²) in [6, 6.07) is 0. The van der Waals surface area contributed by atoms with Crippen molar-refractivity contribution in [2.45, 2.75) is 33.1 Å². The molecule has 1 saturated carbocycles. The van der Waals surface area contributed by atoms with Gasteiger partial charge in [-0.1, -0.05) is 20.3 Å². The Morgan fingerprint density at radius 2 is 2.00 bits per heavy atom. The molecule has 0 spiro atoms. The van der Waals surface area contributed by atoms with Crippen molar-refractivity contribution in [1.82, 2.24) is 10.2 Å². The number of hydrogen-bond donors (Lipinski definition) is 2. The number of nitrogens with one attached hydrogen (secondary N) is 1. The highest BCUT2D eigenvalue weighted by molar-refractivity contribution is 5.88. The Balaban J connectivity index is 2.42. The molecule has 3 N–H and O–H groups in total. The molecule has 1 aliphatic carbocycles. The van der Waals surface area contributed by atoms with Crippen molar-refractivity contribution >= 4 is 11.8 Å². The fourth-order valence-corrected chi connectivity index (χ4v) is 2.17. The lowest BCUT2D eigenvalue weighted by atomic mass is 9.68. The summed E-state index contributed by atoms with van der Waals surface area (Å²) in [5.74, 6) is 0.318. The van der Waals surface area contributed by atoms with Crippen LogP contribution in [0.4, 0.5) is 0 Å². The van der Waals surface area contributed by atoms with Gasteiger partial charge in [0, 0.05) is 20.1 Å². The van der Waals surface area contributed by atoms with Crippen LogP contribution in [-0.4, -0.2) is 43.4 Å². The van der Waals surface area contributed by atoms with Crippen LogP contribution in [0.25, 0.3) is 0 Å². The minimum Gasteiger partial charge on any atom is -0.354 e. The van der Waals surface area contributed by atoms with Crippen LogP contribution < -0.4 is 11.1 Å². The highest BCUT2D eigenvalue weighted by Gasteiger charge is 2.44. The van der Waals surface area contributed by atoms with Gasteiger partial charge in [-0.3, -0.25) is 9.59 Å². The monoisotopic (exact) mass is 255 g/mol. The summed E-state index contributed by atoms with van der Waals surface area (Å²) in [6.07, 6.45) is 2.75. The van der Waals surface area contributed by atoms with Gasteiger partial charge in [-0.2, -0.15) is 0 Å². The van der Waals surface area contributed by atoms with Gasteiger partial charge >= 0.3 is 0 Å². The highest BCUT2D eigenvalue weighted by atomic mass is 16.2. The van der Waals surface area contributed by atoms with Crippen LogP contribution in [0.15, 0.2) is 0 Å². The molecule has 1 aliphatic rings. The molecule has 0 aromatic carbocycles. The molecule has 2 amide bonds. The Morgan fingerprint density at radius 3 is 2.39 bits per heavy atom. The zero-order valence-electron chi connectivity index (χ0n) is 11.7. The van der Waals surface area contributed by atoms with Crippen LogP contribution in [0.3, 0.4) is 0 Å². The Bertz CT molecular complexity index is 306. The van der Waals surface area contributed by atoms with Crippen LogP contribution in [0.1, 0.15) is 33.1 Å². The molecule has 5 heteroatoms. The lowest BCUT2D eigenvalue weighted by Gasteiger charge is -2.41. The molecule has 0 heterocycles. The summed E-state index contributed by atoms with van der Waals surface area (Å²) in [5, 5.41) is 2.81. The van der Waals surface area contributed by atoms with E-state index in [0.717, 1.165) is 19.3 Å². The Hall–Kier alpha value is -1.10. The average Bonchev–Trinajstić information content (AvgIpc) is 2.25. The third kappa shape index (κ3) is 3.45. The van der Waals surface area contributed by atoms with Crippen LogP contribution in [0.5, 0.6) is 0 Å². The maximum atomic E-state index is 12.2. The van der Waals surface area contributed by atoms with Gasteiger partial charge in [0.1, 0.15) is 0 Å². The number of nitrogens with two attached hydrogens (primary N) is 1. The fraction of sp³-hybridized carbons (Fsp3) is 0.846. The molecule has 1 rings (SSSR count). The Kier molecular flexibility index (Phi) is 5.14. The van der Waals surface area contributed by atoms with Gasteiger partial charge in [-0.15, -0.1) is 0 Å². The molecule has 0 atom stereocenters. The van der Waals surface area contributed by atoms with E-state index < -0.39 is 5.41 Å². The smallest absolute Gasteiger partial charge is 0.239 e. The van der Waals surface area contributed by atoms with E-state index in [-0.39, 0.29) is 18.4 Å². The minimum atomic E-state index is -0.396. The third-order valence-electron chi connectivity index (χ3n) is 3.59. The largest absolute Gasteiger partial charge is 0.354 e. The van der Waals surface area contributed by atoms with E-state index in [0.29, 0.717) is 19.0 Å². The van der Waals surface area contributed by atoms with E-state index in [2.05, 4.69) is 5.32 Å². The van der Waals surface area contributed by atoms with Gasteiger partial charge in [-0.05, 0) is 18.8 Å². The van der Waals surface area contributed by atoms with Crippen LogP contribution in [0.2, 0.25) is 0 Å². The predicted octanol–water partition coefficient (Wildman–Crippen LogP) is 0.346. The van der Waals surface area contributed by atoms with Crippen molar-refractivity contribution < 1.29 is 9.59 Å². The summed E-state index contributed by atoms with van der Waals surface area (Å²) in [7, 11) is 1.67. The molecular formula is C13H25N3O2. The molecule has 0 bridgehead atoms. The van der Waals surface area contributed by atoms with Crippen LogP contribution in [-0.2, 0) is 9.59 Å². The van der Waals surface area contributed by atoms with Crippen molar-refractivity contribution in [3.05, 3.63) is 0 Å². The summed E-state index contributed by atoms with van der Waals surface area (Å²) < 4.78 is 0. The molecular weight excluding hydrogens is 230 g/mol. The second kappa shape index (κ2) is 6.18. The molecule has 1 fully saturated rings. The van der Waals surface area contributed by atoms with Gasteiger partial charge in [0.15, 0.2) is 0 Å². The number of hydrogen-bond acceptors (Lipinski definition) is 3. The standard InChI is InChI=1S/C13H25N3O2/c1-10(2)7-15-11(17)8-16(3)12(18)13(9-14)5-4-6-13/h10H,4-9,14H2,1-3H3,(H,15,17). The molecule has 0 aromatic heterocycles. The summed E-state index contributed by atoms with van der Waals surface area (Å²) in [4.78, 5) is 25.4. The molecule has 0 saturated heterocycles. The second-order valence-corrected chi connectivity index (χ2v) is 5.70. The van der Waals surface area contributed by atoms with E-state index in [9.17, 15) is 9.59 Å². The van der Waals surface area contributed by atoms with Crippen molar-refractivity contribution in [3.8, 4) is 0 Å². The average molecular weight is 255 g/mol. The number of amides is 2. The molecule has 0 aliphatic heterocycles. The maximum absolute atomic E-state index is 12.2. The number of nitrogens with zero attached hydrogens (tertiary/aromatic N) is 1. The van der Waals surface area contributed by atoms with E-state index in [1.54, 1.807) is 7.05 Å². The van der Waals surface area contributed by atoms with Crippen LogP contribution >= 0.6 is 0 Å². The SMILES string of the molecule is CC(C)CNC(=O)CN(C)C(=O)C1(CN)CCC1. The van der Waals surface area contributed by atoms with E-state index in [4.69, 9.17) is 5.73 Å². The first kappa shape index (κ1) is 15.0. The van der Waals surface area contributed by atoms with Gasteiger partial charge in [0.05, 0.1) is 12.0 Å². The maximum Gasteiger partial charge on any atom is 0.239 e. The summed E-state index contributed by atoms with van der Waals surface area (Å²) in [6.45, 7) is 5.21. The topological polar surface area (TPSA) is 75.4 Å². The summed E-state index contributed by atoms with van der Waals surface area (Å²) >= 11 is 0. The number of carbonyl (C=O) groups is 2. The van der Waals surface area contributed by atoms with Gasteiger partial charge in [0.25, 0.3) is 0 Å². The van der Waals surface area contributed by atoms with E-state index in [1.807, 2.05) is 13.8 Å².